The van der Waals surface area contributed by atoms with Gasteiger partial charge in [-0.3, -0.25) is 9.69 Å². The van der Waals surface area contributed by atoms with Crippen molar-refractivity contribution in [3.63, 3.8) is 0 Å². The molecule has 0 radical (unpaired) electrons. The first-order chi connectivity index (χ1) is 12.2. The SMILES string of the molecule is CCOCC(O)CN1CCN(C(=O)Cn2nnc3ccccc32)CC1. The number of piperazine rings is 1. The van der Waals surface area contributed by atoms with Crippen LogP contribution in [-0.4, -0.2) is 87.8 Å². The van der Waals surface area contributed by atoms with Gasteiger partial charge < -0.3 is 14.7 Å². The zero-order valence-corrected chi connectivity index (χ0v) is 14.5. The quantitative estimate of drug-likeness (QED) is 0.757. The molecule has 1 atom stereocenters. The Kier molecular flexibility index (Phi) is 5.95. The average molecular weight is 347 g/mol. The van der Waals surface area contributed by atoms with Gasteiger partial charge >= 0.3 is 0 Å². The summed E-state index contributed by atoms with van der Waals surface area (Å²) in [6.07, 6.45) is -0.483. The number of β-amino-alcohol motifs (C(OH)–C–C–N with tert-alkyl or cyclic N) is 1. The fraction of sp³-hybridized carbons (Fsp3) is 0.588. The van der Waals surface area contributed by atoms with Crippen molar-refractivity contribution in [1.82, 2.24) is 24.8 Å². The van der Waals surface area contributed by atoms with Crippen LogP contribution in [0.1, 0.15) is 6.92 Å². The Hall–Kier alpha value is -2.03. The first kappa shape index (κ1) is 17.8. The van der Waals surface area contributed by atoms with Gasteiger partial charge in [-0.25, -0.2) is 4.68 Å². The van der Waals surface area contributed by atoms with E-state index in [1.165, 1.54) is 0 Å². The first-order valence-corrected chi connectivity index (χ1v) is 8.71. The van der Waals surface area contributed by atoms with E-state index in [0.717, 1.165) is 24.1 Å². The minimum absolute atomic E-state index is 0.0465. The van der Waals surface area contributed by atoms with Crippen molar-refractivity contribution in [2.45, 2.75) is 19.6 Å². The van der Waals surface area contributed by atoms with Crippen LogP contribution in [0, 0.1) is 0 Å². The van der Waals surface area contributed by atoms with Crippen LogP contribution < -0.4 is 0 Å². The van der Waals surface area contributed by atoms with Crippen LogP contribution >= 0.6 is 0 Å². The Morgan fingerprint density at radius 3 is 2.80 bits per heavy atom. The van der Waals surface area contributed by atoms with Gasteiger partial charge in [-0.1, -0.05) is 17.3 Å². The number of benzene rings is 1. The number of rotatable bonds is 7. The summed E-state index contributed by atoms with van der Waals surface area (Å²) in [6, 6.07) is 7.62. The molecule has 1 aliphatic rings. The summed E-state index contributed by atoms with van der Waals surface area (Å²) in [6.45, 7) is 6.49. The lowest BCUT2D eigenvalue weighted by Crippen LogP contribution is -2.51. The van der Waals surface area contributed by atoms with Gasteiger partial charge in [-0.2, -0.15) is 0 Å². The molecule has 0 saturated carbocycles. The average Bonchev–Trinajstić information content (AvgIpc) is 3.03. The summed E-state index contributed by atoms with van der Waals surface area (Å²) in [5.74, 6) is 0.0465. The number of hydrogen-bond acceptors (Lipinski definition) is 6. The Balaban J connectivity index is 1.48. The zero-order chi connectivity index (χ0) is 17.6. The lowest BCUT2D eigenvalue weighted by Gasteiger charge is -2.35. The van der Waals surface area contributed by atoms with Crippen LogP contribution in [0.15, 0.2) is 24.3 Å². The smallest absolute Gasteiger partial charge is 0.244 e. The van der Waals surface area contributed by atoms with Gasteiger partial charge in [0.15, 0.2) is 0 Å². The summed E-state index contributed by atoms with van der Waals surface area (Å²) in [7, 11) is 0. The number of amides is 1. The highest BCUT2D eigenvalue weighted by Gasteiger charge is 2.23. The van der Waals surface area contributed by atoms with Crippen molar-refractivity contribution in [3.05, 3.63) is 24.3 Å². The molecule has 0 spiro atoms. The number of nitrogens with zero attached hydrogens (tertiary/aromatic N) is 5. The van der Waals surface area contributed by atoms with E-state index in [0.29, 0.717) is 32.8 Å². The summed E-state index contributed by atoms with van der Waals surface area (Å²) in [5.41, 5.74) is 1.66. The molecule has 1 saturated heterocycles. The lowest BCUT2D eigenvalue weighted by atomic mass is 10.2. The van der Waals surface area contributed by atoms with Crippen LogP contribution in [0.25, 0.3) is 11.0 Å². The fourth-order valence-electron chi connectivity index (χ4n) is 3.05. The van der Waals surface area contributed by atoms with E-state index in [1.807, 2.05) is 36.1 Å². The van der Waals surface area contributed by atoms with Crippen molar-refractivity contribution in [3.8, 4) is 0 Å². The highest BCUT2D eigenvalue weighted by Crippen LogP contribution is 2.11. The third-order valence-corrected chi connectivity index (χ3v) is 4.41. The number of hydrogen-bond donors (Lipinski definition) is 1. The van der Waals surface area contributed by atoms with Crippen molar-refractivity contribution in [2.75, 3.05) is 45.9 Å². The van der Waals surface area contributed by atoms with E-state index in [4.69, 9.17) is 4.74 Å². The standard InChI is InChI=1S/C17H25N5O3/c1-2-25-13-14(23)11-20-7-9-21(10-8-20)17(24)12-22-16-6-4-3-5-15(16)18-19-22/h3-6,14,23H,2,7-13H2,1H3. The number of aliphatic hydroxyl groups is 1. The molecule has 0 aliphatic carbocycles. The maximum Gasteiger partial charge on any atom is 0.244 e. The molecule has 0 bridgehead atoms. The number of aliphatic hydroxyl groups excluding tert-OH is 1. The van der Waals surface area contributed by atoms with Gasteiger partial charge in [0.2, 0.25) is 5.91 Å². The zero-order valence-electron chi connectivity index (χ0n) is 14.5. The molecule has 1 fully saturated rings. The van der Waals surface area contributed by atoms with Crippen LogP contribution in [0.3, 0.4) is 0 Å². The van der Waals surface area contributed by atoms with Crippen LogP contribution in [0.2, 0.25) is 0 Å². The number of fused-ring (bicyclic) bond motifs is 1. The predicted octanol–water partition coefficient (Wildman–Crippen LogP) is -0.0271. The largest absolute Gasteiger partial charge is 0.389 e. The van der Waals surface area contributed by atoms with Gasteiger partial charge in [0.1, 0.15) is 12.1 Å². The third kappa shape index (κ3) is 4.53. The summed E-state index contributed by atoms with van der Waals surface area (Å²) < 4.78 is 6.88. The van der Waals surface area contributed by atoms with E-state index < -0.39 is 6.10 Å². The van der Waals surface area contributed by atoms with Crippen LogP contribution in [0.4, 0.5) is 0 Å². The van der Waals surface area contributed by atoms with E-state index in [2.05, 4.69) is 15.2 Å². The number of ether oxygens (including phenoxy) is 1. The number of carbonyl (C=O) groups is 1. The molecule has 8 heteroatoms. The summed E-state index contributed by atoms with van der Waals surface area (Å²) in [5, 5.41) is 18.1. The third-order valence-electron chi connectivity index (χ3n) is 4.41. The molecular formula is C17H25N5O3. The summed E-state index contributed by atoms with van der Waals surface area (Å²) in [4.78, 5) is 16.5. The van der Waals surface area contributed by atoms with Gasteiger partial charge in [0, 0.05) is 39.3 Å². The Bertz CT molecular complexity index is 696. The van der Waals surface area contributed by atoms with Gasteiger partial charge in [0.25, 0.3) is 0 Å². The van der Waals surface area contributed by atoms with Crippen molar-refractivity contribution in [2.24, 2.45) is 0 Å². The maximum absolute atomic E-state index is 12.5. The monoisotopic (exact) mass is 347 g/mol. The molecule has 2 heterocycles. The molecular weight excluding hydrogens is 322 g/mol. The van der Waals surface area contributed by atoms with E-state index in [1.54, 1.807) is 4.68 Å². The topological polar surface area (TPSA) is 83.7 Å². The van der Waals surface area contributed by atoms with E-state index in [-0.39, 0.29) is 12.5 Å². The van der Waals surface area contributed by atoms with Crippen molar-refractivity contribution >= 4 is 16.9 Å². The minimum Gasteiger partial charge on any atom is -0.389 e. The molecule has 1 N–H and O–H groups in total. The molecule has 2 aromatic rings. The second kappa shape index (κ2) is 8.37. The van der Waals surface area contributed by atoms with Crippen LogP contribution in [-0.2, 0) is 16.1 Å². The molecule has 136 valence electrons. The predicted molar refractivity (Wildman–Crippen MR) is 93.0 cm³/mol. The number of carbonyl (C=O) groups excluding carboxylic acids is 1. The molecule has 25 heavy (non-hydrogen) atoms. The number of para-hydroxylation sites is 1. The molecule has 1 unspecified atom stereocenters. The summed E-state index contributed by atoms with van der Waals surface area (Å²) >= 11 is 0. The second-order valence-electron chi connectivity index (χ2n) is 6.23. The highest BCUT2D eigenvalue weighted by molar-refractivity contribution is 5.79. The van der Waals surface area contributed by atoms with Gasteiger partial charge in [-0.05, 0) is 19.1 Å². The highest BCUT2D eigenvalue weighted by atomic mass is 16.5. The lowest BCUT2D eigenvalue weighted by molar-refractivity contribution is -0.134. The fourth-order valence-corrected chi connectivity index (χ4v) is 3.05. The Morgan fingerprint density at radius 1 is 1.28 bits per heavy atom. The Morgan fingerprint density at radius 2 is 2.04 bits per heavy atom. The Labute approximate surface area is 147 Å². The van der Waals surface area contributed by atoms with Gasteiger partial charge in [-0.15, -0.1) is 5.10 Å². The van der Waals surface area contributed by atoms with Crippen molar-refractivity contribution < 1.29 is 14.6 Å². The van der Waals surface area contributed by atoms with Crippen LogP contribution in [0.5, 0.6) is 0 Å². The maximum atomic E-state index is 12.5. The minimum atomic E-state index is -0.483. The molecule has 8 nitrogen and oxygen atoms in total. The second-order valence-corrected chi connectivity index (χ2v) is 6.23. The molecule has 1 amide bonds. The molecule has 1 aromatic carbocycles. The normalized spacial score (nSPS) is 17.1. The number of aromatic nitrogens is 3. The molecule has 1 aromatic heterocycles. The molecule has 1 aliphatic heterocycles. The molecule has 3 rings (SSSR count). The van der Waals surface area contributed by atoms with Gasteiger partial charge in [0.05, 0.1) is 18.2 Å². The van der Waals surface area contributed by atoms with Crippen molar-refractivity contribution in [1.29, 1.82) is 0 Å². The van der Waals surface area contributed by atoms with E-state index in [9.17, 15) is 9.90 Å². The van der Waals surface area contributed by atoms with E-state index >= 15 is 0 Å². The first-order valence-electron chi connectivity index (χ1n) is 8.71.